The van der Waals surface area contributed by atoms with E-state index in [0.717, 1.165) is 18.2 Å². The molecule has 0 spiro atoms. The van der Waals surface area contributed by atoms with Crippen molar-refractivity contribution >= 4 is 34.7 Å². The van der Waals surface area contributed by atoms with Crippen molar-refractivity contribution in [2.75, 3.05) is 36.6 Å². The third-order valence-corrected chi connectivity index (χ3v) is 4.34. The third kappa shape index (κ3) is 4.64. The van der Waals surface area contributed by atoms with Crippen LogP contribution < -0.4 is 10.3 Å². The molecule has 1 fully saturated rings. The summed E-state index contributed by atoms with van der Waals surface area (Å²) in [6.07, 6.45) is 1.27. The van der Waals surface area contributed by atoms with Crippen molar-refractivity contribution in [3.05, 3.63) is 72.3 Å². The summed E-state index contributed by atoms with van der Waals surface area (Å²) < 4.78 is 5.26. The fraction of sp³-hybridized carbons (Fsp3) is 0.235. The quantitative estimate of drug-likeness (QED) is 0.405. The molecular formula is C17H16N6O7. The number of hydrazone groups is 1. The largest absolute Gasteiger partial charge is 0.378 e. The van der Waals surface area contributed by atoms with Gasteiger partial charge in [0.25, 0.3) is 11.4 Å². The Morgan fingerprint density at radius 3 is 2.27 bits per heavy atom. The van der Waals surface area contributed by atoms with Gasteiger partial charge in [0.15, 0.2) is 0 Å². The SMILES string of the molecule is O=[N+]([O-])c1ccc(N/N=C/c2ccc(N3CCOCC3)c([N+](=O)[O-])c2)c([N+](=O)[O-])c1. The molecule has 0 atom stereocenters. The van der Waals surface area contributed by atoms with Crippen LogP contribution in [0, 0.1) is 30.3 Å². The molecule has 0 aromatic heterocycles. The molecular weight excluding hydrogens is 400 g/mol. The van der Waals surface area contributed by atoms with Crippen LogP contribution in [0.5, 0.6) is 0 Å². The van der Waals surface area contributed by atoms with E-state index in [1.165, 1.54) is 12.3 Å². The zero-order valence-corrected chi connectivity index (χ0v) is 15.5. The molecule has 13 nitrogen and oxygen atoms in total. The van der Waals surface area contributed by atoms with E-state index in [1.807, 2.05) is 4.90 Å². The molecule has 0 aliphatic carbocycles. The molecule has 2 aromatic rings. The number of non-ortho nitro benzene ring substituents is 1. The maximum atomic E-state index is 11.5. The zero-order chi connectivity index (χ0) is 21.7. The van der Waals surface area contributed by atoms with Crippen molar-refractivity contribution in [2.24, 2.45) is 5.10 Å². The highest BCUT2D eigenvalue weighted by molar-refractivity contribution is 5.84. The number of rotatable bonds is 7. The van der Waals surface area contributed by atoms with Gasteiger partial charge < -0.3 is 9.64 Å². The molecule has 0 amide bonds. The van der Waals surface area contributed by atoms with Crippen LogP contribution in [0.4, 0.5) is 28.4 Å². The highest BCUT2D eigenvalue weighted by Gasteiger charge is 2.22. The van der Waals surface area contributed by atoms with Gasteiger partial charge in [0.05, 0.1) is 40.3 Å². The molecule has 1 aliphatic heterocycles. The maximum absolute atomic E-state index is 11.5. The Morgan fingerprint density at radius 2 is 1.63 bits per heavy atom. The van der Waals surface area contributed by atoms with Gasteiger partial charge >= 0.3 is 5.69 Å². The third-order valence-electron chi connectivity index (χ3n) is 4.34. The monoisotopic (exact) mass is 416 g/mol. The van der Waals surface area contributed by atoms with E-state index < -0.39 is 26.1 Å². The van der Waals surface area contributed by atoms with Gasteiger partial charge in [-0.05, 0) is 12.1 Å². The molecule has 156 valence electrons. The molecule has 13 heteroatoms. The summed E-state index contributed by atoms with van der Waals surface area (Å²) in [7, 11) is 0. The lowest BCUT2D eigenvalue weighted by atomic mass is 10.1. The lowest BCUT2D eigenvalue weighted by Crippen LogP contribution is -2.36. The minimum Gasteiger partial charge on any atom is -0.378 e. The first kappa shape index (κ1) is 20.6. The van der Waals surface area contributed by atoms with Crippen LogP contribution in [0.25, 0.3) is 0 Å². The van der Waals surface area contributed by atoms with Crippen molar-refractivity contribution in [3.8, 4) is 0 Å². The van der Waals surface area contributed by atoms with Gasteiger partial charge in [-0.3, -0.25) is 35.8 Å². The number of anilines is 2. The topological polar surface area (TPSA) is 166 Å². The second-order valence-electron chi connectivity index (χ2n) is 6.19. The van der Waals surface area contributed by atoms with Crippen LogP contribution in [0.2, 0.25) is 0 Å². The van der Waals surface area contributed by atoms with Gasteiger partial charge in [-0.25, -0.2) is 0 Å². The number of hydrogen-bond donors (Lipinski definition) is 1. The Hall–Kier alpha value is -4.13. The Kier molecular flexibility index (Phi) is 6.12. The molecule has 3 rings (SSSR count). The maximum Gasteiger partial charge on any atom is 0.301 e. The molecule has 0 bridgehead atoms. The predicted octanol–water partition coefficient (Wildman–Crippen LogP) is 2.69. The van der Waals surface area contributed by atoms with Crippen LogP contribution in [0.3, 0.4) is 0 Å². The normalized spacial score (nSPS) is 13.9. The molecule has 1 saturated heterocycles. The number of ether oxygens (including phenoxy) is 1. The molecule has 0 saturated carbocycles. The predicted molar refractivity (Wildman–Crippen MR) is 107 cm³/mol. The lowest BCUT2D eigenvalue weighted by Gasteiger charge is -2.28. The summed E-state index contributed by atoms with van der Waals surface area (Å²) in [5.74, 6) is 0. The second-order valence-corrected chi connectivity index (χ2v) is 6.19. The van der Waals surface area contributed by atoms with E-state index >= 15 is 0 Å². The Morgan fingerprint density at radius 1 is 0.933 bits per heavy atom. The zero-order valence-electron chi connectivity index (χ0n) is 15.5. The summed E-state index contributed by atoms with van der Waals surface area (Å²) in [5.41, 5.74) is 2.22. The number of morpholine rings is 1. The van der Waals surface area contributed by atoms with Gasteiger partial charge in [0, 0.05) is 30.8 Å². The van der Waals surface area contributed by atoms with E-state index in [9.17, 15) is 30.3 Å². The van der Waals surface area contributed by atoms with Gasteiger partial charge in [-0.2, -0.15) is 5.10 Å². The number of nitrogens with zero attached hydrogens (tertiary/aromatic N) is 5. The van der Waals surface area contributed by atoms with E-state index in [1.54, 1.807) is 12.1 Å². The van der Waals surface area contributed by atoms with E-state index in [0.29, 0.717) is 37.6 Å². The molecule has 0 unspecified atom stereocenters. The minimum atomic E-state index is -0.771. The molecule has 1 aliphatic rings. The fourth-order valence-electron chi connectivity index (χ4n) is 2.89. The summed E-state index contributed by atoms with van der Waals surface area (Å²) in [6.45, 7) is 2.05. The molecule has 0 radical (unpaired) electrons. The number of nitro benzene ring substituents is 3. The summed E-state index contributed by atoms with van der Waals surface area (Å²) in [6, 6.07) is 7.68. The van der Waals surface area contributed by atoms with Gasteiger partial charge in [-0.1, -0.05) is 6.07 Å². The van der Waals surface area contributed by atoms with Crippen molar-refractivity contribution in [1.82, 2.24) is 0 Å². The number of benzene rings is 2. The Balaban J connectivity index is 1.81. The number of nitro groups is 3. The lowest BCUT2D eigenvalue weighted by molar-refractivity contribution is -0.393. The van der Waals surface area contributed by atoms with Crippen molar-refractivity contribution < 1.29 is 19.5 Å². The highest BCUT2D eigenvalue weighted by Crippen LogP contribution is 2.30. The number of hydrogen-bond acceptors (Lipinski definition) is 10. The van der Waals surface area contributed by atoms with Crippen LogP contribution in [-0.2, 0) is 4.74 Å². The van der Waals surface area contributed by atoms with Gasteiger partial charge in [0.1, 0.15) is 11.4 Å². The van der Waals surface area contributed by atoms with Crippen molar-refractivity contribution in [1.29, 1.82) is 0 Å². The molecule has 2 aromatic carbocycles. The smallest absolute Gasteiger partial charge is 0.301 e. The van der Waals surface area contributed by atoms with Gasteiger partial charge in [0.2, 0.25) is 0 Å². The van der Waals surface area contributed by atoms with E-state index in [2.05, 4.69) is 10.5 Å². The van der Waals surface area contributed by atoms with Crippen molar-refractivity contribution in [3.63, 3.8) is 0 Å². The summed E-state index contributed by atoms with van der Waals surface area (Å²) in [5, 5.41) is 37.3. The van der Waals surface area contributed by atoms with E-state index in [4.69, 9.17) is 4.74 Å². The molecule has 30 heavy (non-hydrogen) atoms. The van der Waals surface area contributed by atoms with Crippen LogP contribution >= 0.6 is 0 Å². The first-order valence-electron chi connectivity index (χ1n) is 8.70. The van der Waals surface area contributed by atoms with E-state index in [-0.39, 0.29) is 11.4 Å². The summed E-state index contributed by atoms with van der Waals surface area (Å²) in [4.78, 5) is 33.3. The first-order chi connectivity index (χ1) is 14.4. The highest BCUT2D eigenvalue weighted by atomic mass is 16.6. The summed E-state index contributed by atoms with van der Waals surface area (Å²) >= 11 is 0. The first-order valence-corrected chi connectivity index (χ1v) is 8.70. The van der Waals surface area contributed by atoms with Crippen LogP contribution in [0.1, 0.15) is 5.56 Å². The van der Waals surface area contributed by atoms with Crippen LogP contribution in [0.15, 0.2) is 41.5 Å². The molecule has 1 N–H and O–H groups in total. The fourth-order valence-corrected chi connectivity index (χ4v) is 2.89. The Labute approximate surface area is 169 Å². The standard InChI is InChI=1S/C17H16N6O7/c24-21(25)13-2-3-14(16(10-13)22(26)27)19-18-11-12-1-4-15(17(9-12)23(28)29)20-5-7-30-8-6-20/h1-4,9-11,19H,5-8H2/b18-11+. The number of nitrogens with one attached hydrogen (secondary N) is 1. The second kappa shape index (κ2) is 8.91. The average Bonchev–Trinajstić information content (AvgIpc) is 2.74. The average molecular weight is 416 g/mol. The van der Waals surface area contributed by atoms with Gasteiger partial charge in [-0.15, -0.1) is 0 Å². The van der Waals surface area contributed by atoms with Crippen LogP contribution in [-0.4, -0.2) is 47.3 Å². The minimum absolute atomic E-state index is 0.0544. The van der Waals surface area contributed by atoms with Crippen molar-refractivity contribution in [2.45, 2.75) is 0 Å². The molecule has 1 heterocycles. The Bertz CT molecular complexity index is 1020.